The molecule has 0 aliphatic carbocycles. The molecule has 1 heterocycles. The Kier molecular flexibility index (Phi) is 7.79. The topological polar surface area (TPSA) is 92.8 Å². The molecule has 0 unspecified atom stereocenters. The van der Waals surface area contributed by atoms with Gasteiger partial charge in [-0.05, 0) is 38.3 Å². The van der Waals surface area contributed by atoms with Crippen molar-refractivity contribution in [3.05, 3.63) is 29.8 Å². The van der Waals surface area contributed by atoms with Crippen LogP contribution in [0.15, 0.2) is 24.3 Å². The molecule has 150 valence electrons. The van der Waals surface area contributed by atoms with Gasteiger partial charge in [-0.2, -0.15) is 0 Å². The van der Waals surface area contributed by atoms with Crippen LogP contribution in [0.5, 0.6) is 0 Å². The molecule has 0 spiro atoms. The van der Waals surface area contributed by atoms with E-state index >= 15 is 0 Å². The minimum Gasteiger partial charge on any atom is -0.462 e. The molecule has 1 N–H and O–H groups in total. The number of nitrogens with zero attached hydrogens (tertiary/aromatic N) is 1. The molecule has 2 rings (SSSR count). The lowest BCUT2D eigenvalue weighted by Crippen LogP contribution is -2.42. The fraction of sp³-hybridized carbons (Fsp3) is 0.579. The third-order valence-electron chi connectivity index (χ3n) is 4.65. The number of nitrogens with one attached hydrogen (secondary N) is 1. The molecule has 27 heavy (non-hydrogen) atoms. The van der Waals surface area contributed by atoms with Crippen LogP contribution < -0.4 is 5.32 Å². The van der Waals surface area contributed by atoms with E-state index in [1.165, 1.54) is 4.31 Å². The average molecular weight is 397 g/mol. The van der Waals surface area contributed by atoms with Gasteiger partial charge in [0.05, 0.1) is 23.6 Å². The van der Waals surface area contributed by atoms with Crippen LogP contribution in [0.1, 0.15) is 49.9 Å². The maximum Gasteiger partial charge on any atom is 0.340 e. The number of sulfonamides is 1. The Morgan fingerprint density at radius 3 is 2.48 bits per heavy atom. The predicted molar refractivity (Wildman–Crippen MR) is 104 cm³/mol. The van der Waals surface area contributed by atoms with Crippen LogP contribution in [-0.2, 0) is 19.6 Å². The van der Waals surface area contributed by atoms with Crippen molar-refractivity contribution in [3.63, 3.8) is 0 Å². The summed E-state index contributed by atoms with van der Waals surface area (Å²) in [4.78, 5) is 24.6. The summed E-state index contributed by atoms with van der Waals surface area (Å²) >= 11 is 0. The second kappa shape index (κ2) is 9.85. The summed E-state index contributed by atoms with van der Waals surface area (Å²) in [6.45, 7) is 4.64. The predicted octanol–water partition coefficient (Wildman–Crippen LogP) is 2.64. The SMILES string of the molecule is CCCCS(=O)(=O)N1CCC(C(=O)Nc2ccccc2C(=O)OCC)CC1. The van der Waals surface area contributed by atoms with Crippen molar-refractivity contribution >= 4 is 27.6 Å². The number of carbonyl (C=O) groups excluding carboxylic acids is 2. The quantitative estimate of drug-likeness (QED) is 0.682. The molecule has 0 aromatic heterocycles. The number of piperidine rings is 1. The van der Waals surface area contributed by atoms with Gasteiger partial charge in [0.25, 0.3) is 0 Å². The summed E-state index contributed by atoms with van der Waals surface area (Å²) in [6, 6.07) is 6.72. The van der Waals surface area contributed by atoms with Gasteiger partial charge in [0.1, 0.15) is 0 Å². The molecule has 1 aliphatic heterocycles. The Morgan fingerprint density at radius 2 is 1.85 bits per heavy atom. The van der Waals surface area contributed by atoms with E-state index in [-0.39, 0.29) is 24.2 Å². The molecule has 1 aromatic rings. The van der Waals surface area contributed by atoms with Crippen molar-refractivity contribution < 1.29 is 22.7 Å². The Hall–Kier alpha value is -1.93. The van der Waals surface area contributed by atoms with Gasteiger partial charge in [0.15, 0.2) is 0 Å². The maximum atomic E-state index is 12.6. The first-order valence-electron chi connectivity index (χ1n) is 9.43. The van der Waals surface area contributed by atoms with Gasteiger partial charge >= 0.3 is 5.97 Å². The Morgan fingerprint density at radius 1 is 1.19 bits per heavy atom. The molecule has 0 saturated carbocycles. The Labute approximate surface area is 161 Å². The normalized spacial score (nSPS) is 16.1. The maximum absolute atomic E-state index is 12.6. The third-order valence-corrected chi connectivity index (χ3v) is 6.61. The zero-order chi connectivity index (χ0) is 19.9. The summed E-state index contributed by atoms with van der Waals surface area (Å²) in [5, 5.41) is 2.80. The van der Waals surface area contributed by atoms with E-state index in [4.69, 9.17) is 4.74 Å². The van der Waals surface area contributed by atoms with Crippen molar-refractivity contribution in [1.29, 1.82) is 0 Å². The summed E-state index contributed by atoms with van der Waals surface area (Å²) in [5.41, 5.74) is 0.728. The van der Waals surface area contributed by atoms with Crippen LogP contribution in [0.3, 0.4) is 0 Å². The van der Waals surface area contributed by atoms with Crippen LogP contribution in [-0.4, -0.2) is 50.0 Å². The molecule has 7 nitrogen and oxygen atoms in total. The standard InChI is InChI=1S/C19H28N2O5S/c1-3-5-14-27(24,25)21-12-10-15(11-13-21)18(22)20-17-9-7-6-8-16(17)19(23)26-4-2/h6-9,15H,3-5,10-14H2,1-2H3,(H,20,22). The molecule has 1 fully saturated rings. The average Bonchev–Trinajstić information content (AvgIpc) is 2.67. The number of para-hydroxylation sites is 1. The van der Waals surface area contributed by atoms with Gasteiger partial charge < -0.3 is 10.1 Å². The van der Waals surface area contributed by atoms with E-state index in [0.29, 0.717) is 43.6 Å². The van der Waals surface area contributed by atoms with E-state index in [9.17, 15) is 18.0 Å². The van der Waals surface area contributed by atoms with E-state index in [1.54, 1.807) is 31.2 Å². The summed E-state index contributed by atoms with van der Waals surface area (Å²) in [6.07, 6.45) is 2.42. The molecule has 0 radical (unpaired) electrons. The highest BCUT2D eigenvalue weighted by Crippen LogP contribution is 2.23. The number of hydrogen-bond donors (Lipinski definition) is 1. The monoisotopic (exact) mass is 396 g/mol. The number of amides is 1. The van der Waals surface area contributed by atoms with Crippen LogP contribution in [0.4, 0.5) is 5.69 Å². The van der Waals surface area contributed by atoms with E-state index in [0.717, 1.165) is 6.42 Å². The van der Waals surface area contributed by atoms with Crippen LogP contribution >= 0.6 is 0 Å². The second-order valence-corrected chi connectivity index (χ2v) is 8.69. The van der Waals surface area contributed by atoms with Gasteiger partial charge in [-0.15, -0.1) is 0 Å². The van der Waals surface area contributed by atoms with E-state index < -0.39 is 16.0 Å². The van der Waals surface area contributed by atoms with Crippen LogP contribution in [0.2, 0.25) is 0 Å². The highest BCUT2D eigenvalue weighted by molar-refractivity contribution is 7.89. The lowest BCUT2D eigenvalue weighted by Gasteiger charge is -2.30. The van der Waals surface area contributed by atoms with E-state index in [1.807, 2.05) is 6.92 Å². The number of esters is 1. The molecule has 1 aliphatic rings. The second-order valence-electron chi connectivity index (χ2n) is 6.60. The number of benzene rings is 1. The lowest BCUT2D eigenvalue weighted by molar-refractivity contribution is -0.120. The minimum atomic E-state index is -3.24. The molecule has 1 saturated heterocycles. The van der Waals surface area contributed by atoms with Gasteiger partial charge in [0, 0.05) is 19.0 Å². The van der Waals surface area contributed by atoms with Gasteiger partial charge in [0.2, 0.25) is 15.9 Å². The molecule has 1 amide bonds. The van der Waals surface area contributed by atoms with Gasteiger partial charge in [-0.1, -0.05) is 25.5 Å². The van der Waals surface area contributed by atoms with Gasteiger partial charge in [-0.25, -0.2) is 17.5 Å². The first kappa shape index (κ1) is 21.4. The third kappa shape index (κ3) is 5.77. The molecule has 1 aromatic carbocycles. The number of anilines is 1. The molecular formula is C19H28N2O5S. The number of hydrogen-bond acceptors (Lipinski definition) is 5. The smallest absolute Gasteiger partial charge is 0.340 e. The van der Waals surface area contributed by atoms with Crippen LogP contribution in [0, 0.1) is 5.92 Å². The van der Waals surface area contributed by atoms with E-state index in [2.05, 4.69) is 5.32 Å². The highest BCUT2D eigenvalue weighted by Gasteiger charge is 2.31. The van der Waals surface area contributed by atoms with Crippen molar-refractivity contribution in [2.75, 3.05) is 30.8 Å². The molecular weight excluding hydrogens is 368 g/mol. The summed E-state index contributed by atoms with van der Waals surface area (Å²) in [5.74, 6) is -0.798. The van der Waals surface area contributed by atoms with Crippen molar-refractivity contribution in [3.8, 4) is 0 Å². The van der Waals surface area contributed by atoms with Crippen molar-refractivity contribution in [2.45, 2.75) is 39.5 Å². The zero-order valence-electron chi connectivity index (χ0n) is 15.9. The minimum absolute atomic E-state index is 0.160. The first-order chi connectivity index (χ1) is 12.9. The Balaban J connectivity index is 1.97. The zero-order valence-corrected chi connectivity index (χ0v) is 16.8. The first-order valence-corrected chi connectivity index (χ1v) is 11.0. The molecule has 8 heteroatoms. The highest BCUT2D eigenvalue weighted by atomic mass is 32.2. The fourth-order valence-corrected chi connectivity index (χ4v) is 4.74. The number of rotatable bonds is 8. The molecule has 0 bridgehead atoms. The number of ether oxygens (including phenoxy) is 1. The summed E-state index contributed by atoms with van der Waals surface area (Å²) in [7, 11) is -3.24. The fourth-order valence-electron chi connectivity index (χ4n) is 3.07. The number of carbonyl (C=O) groups is 2. The Bertz CT molecular complexity index is 755. The van der Waals surface area contributed by atoms with Gasteiger partial charge in [-0.3, -0.25) is 4.79 Å². The van der Waals surface area contributed by atoms with Crippen molar-refractivity contribution in [1.82, 2.24) is 4.31 Å². The van der Waals surface area contributed by atoms with Crippen molar-refractivity contribution in [2.24, 2.45) is 5.92 Å². The largest absolute Gasteiger partial charge is 0.462 e. The lowest BCUT2D eigenvalue weighted by atomic mass is 9.97. The molecule has 0 atom stereocenters. The number of unbranched alkanes of at least 4 members (excludes halogenated alkanes) is 1. The summed E-state index contributed by atoms with van der Waals surface area (Å²) < 4.78 is 31.0. The van der Waals surface area contributed by atoms with Crippen LogP contribution in [0.25, 0.3) is 0 Å².